The predicted octanol–water partition coefficient (Wildman–Crippen LogP) is 1.49. The smallest absolute Gasteiger partial charge is 0.339 e. The van der Waals surface area contributed by atoms with E-state index in [4.69, 9.17) is 9.15 Å². The Labute approximate surface area is 129 Å². The van der Waals surface area contributed by atoms with E-state index in [0.29, 0.717) is 10.7 Å². The van der Waals surface area contributed by atoms with Crippen LogP contribution < -0.4 is 5.32 Å². The molecule has 1 amide bonds. The first-order valence-electron chi connectivity index (χ1n) is 6.46. The number of carbonyl (C=O) groups excluding carboxylic acids is 2. The fraction of sp³-hybridized carbons (Fsp3) is 0.200. The van der Waals surface area contributed by atoms with Gasteiger partial charge in [-0.15, -0.1) is 0 Å². The van der Waals surface area contributed by atoms with Gasteiger partial charge in [0.2, 0.25) is 0 Å². The van der Waals surface area contributed by atoms with Gasteiger partial charge in [0.25, 0.3) is 5.91 Å². The Morgan fingerprint density at radius 1 is 1.23 bits per heavy atom. The van der Waals surface area contributed by atoms with Gasteiger partial charge in [0, 0.05) is 6.26 Å². The van der Waals surface area contributed by atoms with Gasteiger partial charge >= 0.3 is 5.97 Å². The molecule has 1 atom stereocenters. The Morgan fingerprint density at radius 2 is 2.00 bits per heavy atom. The SMILES string of the molecule is C[S@](=O)c1ccccc1C(=O)OCC(=O)NCc1ccco1. The molecule has 1 N–H and O–H groups in total. The molecule has 0 radical (unpaired) electrons. The molecule has 0 saturated carbocycles. The van der Waals surface area contributed by atoms with Crippen LogP contribution in [0.3, 0.4) is 0 Å². The monoisotopic (exact) mass is 321 g/mol. The third-order valence-electron chi connectivity index (χ3n) is 2.79. The minimum atomic E-state index is -1.31. The lowest BCUT2D eigenvalue weighted by Gasteiger charge is -2.08. The standard InChI is InChI=1S/C15H15NO5S/c1-22(19)13-7-3-2-6-12(13)15(18)21-10-14(17)16-9-11-5-4-8-20-11/h2-8H,9-10H2,1H3,(H,16,17)/t22-/m0/s1. The molecule has 1 aromatic heterocycles. The van der Waals surface area contributed by atoms with Crippen LogP contribution in [0.25, 0.3) is 0 Å². The Hall–Kier alpha value is -2.41. The number of benzene rings is 1. The fourth-order valence-electron chi connectivity index (χ4n) is 1.74. The van der Waals surface area contributed by atoms with Crippen molar-refractivity contribution in [3.8, 4) is 0 Å². The molecule has 0 spiro atoms. The van der Waals surface area contributed by atoms with Crippen LogP contribution in [0.1, 0.15) is 16.1 Å². The Bertz CT molecular complexity index is 681. The van der Waals surface area contributed by atoms with Crippen LogP contribution in [0.15, 0.2) is 52.0 Å². The maximum absolute atomic E-state index is 12.0. The molecule has 22 heavy (non-hydrogen) atoms. The Balaban J connectivity index is 1.87. The first-order valence-corrected chi connectivity index (χ1v) is 8.02. The maximum atomic E-state index is 12.0. The van der Waals surface area contributed by atoms with Gasteiger partial charge in [0.05, 0.1) is 34.1 Å². The quantitative estimate of drug-likeness (QED) is 0.815. The Kier molecular flexibility index (Phi) is 5.48. The second-order valence-electron chi connectivity index (χ2n) is 4.38. The van der Waals surface area contributed by atoms with Crippen molar-refractivity contribution in [2.45, 2.75) is 11.4 Å². The summed E-state index contributed by atoms with van der Waals surface area (Å²) in [6.45, 7) is -0.191. The van der Waals surface area contributed by atoms with Crippen molar-refractivity contribution < 1.29 is 23.0 Å². The lowest BCUT2D eigenvalue weighted by atomic mass is 10.2. The number of nitrogens with one attached hydrogen (secondary N) is 1. The van der Waals surface area contributed by atoms with Gasteiger partial charge in [-0.1, -0.05) is 12.1 Å². The molecular weight excluding hydrogens is 306 g/mol. The summed E-state index contributed by atoms with van der Waals surface area (Å²) in [5.74, 6) is -0.523. The van der Waals surface area contributed by atoms with Crippen LogP contribution in [0.4, 0.5) is 0 Å². The molecule has 0 aliphatic carbocycles. The molecule has 1 heterocycles. The van der Waals surface area contributed by atoms with Gasteiger partial charge in [-0.2, -0.15) is 0 Å². The second kappa shape index (κ2) is 7.56. The van der Waals surface area contributed by atoms with Gasteiger partial charge in [0.1, 0.15) is 5.76 Å². The van der Waals surface area contributed by atoms with Crippen molar-refractivity contribution in [3.63, 3.8) is 0 Å². The number of furan rings is 1. The van der Waals surface area contributed by atoms with E-state index in [1.807, 2.05) is 0 Å². The minimum absolute atomic E-state index is 0.196. The number of ether oxygens (including phenoxy) is 1. The lowest BCUT2D eigenvalue weighted by molar-refractivity contribution is -0.124. The molecule has 2 aromatic rings. The van der Waals surface area contributed by atoms with E-state index >= 15 is 0 Å². The molecule has 2 rings (SSSR count). The average molecular weight is 321 g/mol. The third-order valence-corrected chi connectivity index (χ3v) is 3.77. The normalized spacial score (nSPS) is 11.7. The number of amides is 1. The predicted molar refractivity (Wildman–Crippen MR) is 79.6 cm³/mol. The molecule has 0 aliphatic rings. The summed E-state index contributed by atoms with van der Waals surface area (Å²) < 4.78 is 21.6. The summed E-state index contributed by atoms with van der Waals surface area (Å²) in [6.07, 6.45) is 2.98. The molecule has 0 unspecified atom stereocenters. The molecule has 116 valence electrons. The maximum Gasteiger partial charge on any atom is 0.339 e. The van der Waals surface area contributed by atoms with Crippen LogP contribution in [-0.4, -0.2) is 28.9 Å². The van der Waals surface area contributed by atoms with Crippen LogP contribution >= 0.6 is 0 Å². The summed E-state index contributed by atoms with van der Waals surface area (Å²) in [6, 6.07) is 9.86. The highest BCUT2D eigenvalue weighted by Gasteiger charge is 2.16. The number of carbonyl (C=O) groups is 2. The molecule has 0 fully saturated rings. The van der Waals surface area contributed by atoms with Gasteiger partial charge in [-0.05, 0) is 24.3 Å². The Morgan fingerprint density at radius 3 is 2.68 bits per heavy atom. The van der Waals surface area contributed by atoms with Crippen molar-refractivity contribution in [2.24, 2.45) is 0 Å². The largest absolute Gasteiger partial charge is 0.467 e. The zero-order chi connectivity index (χ0) is 15.9. The second-order valence-corrected chi connectivity index (χ2v) is 5.73. The van der Waals surface area contributed by atoms with E-state index < -0.39 is 29.3 Å². The molecule has 7 heteroatoms. The van der Waals surface area contributed by atoms with E-state index in [0.717, 1.165) is 0 Å². The van der Waals surface area contributed by atoms with E-state index in [2.05, 4.69) is 5.32 Å². The van der Waals surface area contributed by atoms with E-state index in [1.54, 1.807) is 30.3 Å². The number of hydrogen-bond acceptors (Lipinski definition) is 5. The van der Waals surface area contributed by atoms with Crippen molar-refractivity contribution >= 4 is 22.7 Å². The van der Waals surface area contributed by atoms with E-state index in [1.165, 1.54) is 18.6 Å². The topological polar surface area (TPSA) is 85.6 Å². The van der Waals surface area contributed by atoms with E-state index in [9.17, 15) is 13.8 Å². The zero-order valence-corrected chi connectivity index (χ0v) is 12.7. The average Bonchev–Trinajstić information content (AvgIpc) is 3.04. The molecule has 0 saturated heterocycles. The van der Waals surface area contributed by atoms with Gasteiger partial charge < -0.3 is 14.5 Å². The highest BCUT2D eigenvalue weighted by atomic mass is 32.2. The van der Waals surface area contributed by atoms with Crippen LogP contribution in [-0.2, 0) is 26.9 Å². The van der Waals surface area contributed by atoms with Crippen molar-refractivity contribution in [2.75, 3.05) is 12.9 Å². The molecule has 0 bridgehead atoms. The van der Waals surface area contributed by atoms with E-state index in [-0.39, 0.29) is 12.1 Å². The van der Waals surface area contributed by atoms with Crippen LogP contribution in [0.2, 0.25) is 0 Å². The zero-order valence-electron chi connectivity index (χ0n) is 11.9. The first-order chi connectivity index (χ1) is 10.6. The van der Waals surface area contributed by atoms with Crippen molar-refractivity contribution in [1.82, 2.24) is 5.32 Å². The summed E-state index contributed by atoms with van der Waals surface area (Å²) in [4.78, 5) is 23.9. The molecular formula is C15H15NO5S. The summed E-state index contributed by atoms with van der Waals surface area (Å²) in [5, 5.41) is 2.56. The summed E-state index contributed by atoms with van der Waals surface area (Å²) in [5.41, 5.74) is 0.196. The highest BCUT2D eigenvalue weighted by Crippen LogP contribution is 2.13. The lowest BCUT2D eigenvalue weighted by Crippen LogP contribution is -2.28. The first kappa shape index (κ1) is 16.0. The fourth-order valence-corrected chi connectivity index (χ4v) is 2.48. The molecule has 1 aromatic carbocycles. The van der Waals surface area contributed by atoms with Crippen molar-refractivity contribution in [1.29, 1.82) is 0 Å². The van der Waals surface area contributed by atoms with Gasteiger partial charge in [-0.3, -0.25) is 9.00 Å². The summed E-state index contributed by atoms with van der Waals surface area (Å²) in [7, 11) is -1.31. The highest BCUT2D eigenvalue weighted by molar-refractivity contribution is 7.84. The van der Waals surface area contributed by atoms with Gasteiger partial charge in [-0.25, -0.2) is 4.79 Å². The minimum Gasteiger partial charge on any atom is -0.467 e. The van der Waals surface area contributed by atoms with Crippen LogP contribution in [0.5, 0.6) is 0 Å². The number of esters is 1. The van der Waals surface area contributed by atoms with Crippen LogP contribution in [0, 0.1) is 0 Å². The number of rotatable bonds is 6. The molecule has 6 nitrogen and oxygen atoms in total. The van der Waals surface area contributed by atoms with Gasteiger partial charge in [0.15, 0.2) is 6.61 Å². The third kappa shape index (κ3) is 4.29. The number of hydrogen-bond donors (Lipinski definition) is 1. The molecule has 0 aliphatic heterocycles. The van der Waals surface area contributed by atoms with Crippen molar-refractivity contribution in [3.05, 3.63) is 54.0 Å². The summed E-state index contributed by atoms with van der Waals surface area (Å²) >= 11 is 0.